The van der Waals surface area contributed by atoms with Crippen LogP contribution in [0.15, 0.2) is 197 Å². The monoisotopic (exact) mass is 781 g/mol. The van der Waals surface area contributed by atoms with Crippen LogP contribution in [0.1, 0.15) is 0 Å². The molecule has 0 amide bonds. The Labute approximate surface area is 347 Å². The van der Waals surface area contributed by atoms with Gasteiger partial charge in [0.15, 0.2) is 17.2 Å². The number of benzene rings is 8. The van der Waals surface area contributed by atoms with Crippen LogP contribution in [0.2, 0.25) is 0 Å². The maximum absolute atomic E-state index is 6.55. The van der Waals surface area contributed by atoms with Gasteiger partial charge in [-0.25, -0.2) is 19.9 Å². The van der Waals surface area contributed by atoms with Crippen LogP contribution in [0, 0.1) is 0 Å². The molecule has 7 heteroatoms. The molecule has 61 heavy (non-hydrogen) atoms. The van der Waals surface area contributed by atoms with Crippen LogP contribution in [-0.4, -0.2) is 24.5 Å². The van der Waals surface area contributed by atoms with Gasteiger partial charge in [-0.2, -0.15) is 0 Å². The fourth-order valence-electron chi connectivity index (χ4n) is 8.99. The van der Waals surface area contributed by atoms with E-state index in [2.05, 4.69) is 114 Å². The van der Waals surface area contributed by atoms with E-state index in [4.69, 9.17) is 28.8 Å². The third-order valence-electron chi connectivity index (χ3n) is 11.8. The van der Waals surface area contributed by atoms with Crippen molar-refractivity contribution < 1.29 is 8.83 Å². The lowest BCUT2D eigenvalue weighted by atomic mass is 10.00. The van der Waals surface area contributed by atoms with Crippen LogP contribution in [-0.2, 0) is 0 Å². The first-order valence-electron chi connectivity index (χ1n) is 20.3. The SMILES string of the molecule is c1ccc(-c2nc(-n3c4ccc(-c5nc(-c6ccccc6)c6oc7ccccc7c6n5)cc4c4cc(-c5cccc6c5oc5ccccc56)ccc43)c3ccccc3n2)cc1. The molecule has 0 N–H and O–H groups in total. The highest BCUT2D eigenvalue weighted by molar-refractivity contribution is 6.15. The second-order valence-electron chi connectivity index (χ2n) is 15.4. The van der Waals surface area contributed by atoms with Crippen LogP contribution < -0.4 is 0 Å². The van der Waals surface area contributed by atoms with Crippen molar-refractivity contribution in [3.63, 3.8) is 0 Å². The summed E-state index contributed by atoms with van der Waals surface area (Å²) in [7, 11) is 0. The number of aromatic nitrogens is 5. The maximum atomic E-state index is 6.55. The summed E-state index contributed by atoms with van der Waals surface area (Å²) in [6.07, 6.45) is 0. The molecule has 0 bridgehead atoms. The number of rotatable bonds is 5. The molecule has 13 rings (SSSR count). The van der Waals surface area contributed by atoms with Crippen molar-refractivity contribution in [3.8, 4) is 51.0 Å². The first-order chi connectivity index (χ1) is 30.2. The van der Waals surface area contributed by atoms with Crippen molar-refractivity contribution >= 4 is 76.7 Å². The van der Waals surface area contributed by atoms with E-state index in [1.165, 1.54) is 0 Å². The Bertz CT molecular complexity index is 3880. The van der Waals surface area contributed by atoms with Crippen molar-refractivity contribution in [1.82, 2.24) is 24.5 Å². The zero-order valence-corrected chi connectivity index (χ0v) is 32.5. The zero-order chi connectivity index (χ0) is 40.0. The smallest absolute Gasteiger partial charge is 0.180 e. The van der Waals surface area contributed by atoms with E-state index in [0.29, 0.717) is 17.2 Å². The molecule has 0 saturated heterocycles. The average molecular weight is 782 g/mol. The Balaban J connectivity index is 1.10. The number of para-hydroxylation sites is 4. The van der Waals surface area contributed by atoms with Crippen LogP contribution in [0.4, 0.5) is 0 Å². The summed E-state index contributed by atoms with van der Waals surface area (Å²) >= 11 is 0. The first kappa shape index (κ1) is 33.5. The fraction of sp³-hybridized carbons (Fsp3) is 0. The molecule has 0 radical (unpaired) electrons. The fourth-order valence-corrected chi connectivity index (χ4v) is 8.99. The van der Waals surface area contributed by atoms with Crippen molar-refractivity contribution in [3.05, 3.63) is 188 Å². The van der Waals surface area contributed by atoms with Gasteiger partial charge in [0, 0.05) is 54.6 Å². The van der Waals surface area contributed by atoms with E-state index >= 15 is 0 Å². The lowest BCUT2D eigenvalue weighted by Gasteiger charge is -2.13. The van der Waals surface area contributed by atoms with Crippen LogP contribution >= 0.6 is 0 Å². The summed E-state index contributed by atoms with van der Waals surface area (Å²) in [5.74, 6) is 2.08. The van der Waals surface area contributed by atoms with Gasteiger partial charge in [-0.05, 0) is 66.2 Å². The molecule has 0 aliphatic rings. The molecule has 0 atom stereocenters. The van der Waals surface area contributed by atoms with Crippen LogP contribution in [0.5, 0.6) is 0 Å². The Hall–Kier alpha value is -8.42. The standard InChI is InChI=1S/C54H31N5O2/c1-3-14-32(15-4-1)48-51-49(40-20-9-12-25-47(40)61-51)57-53(56-48)35-27-29-45-42(31-35)41-30-34(36-21-13-22-38-37-18-8-11-24-46(37)60-50(36)38)26-28-44(41)59(45)54-39-19-7-10-23-43(39)55-52(58-54)33-16-5-2-6-17-33/h1-31H. The van der Waals surface area contributed by atoms with E-state index in [9.17, 15) is 0 Å². The van der Waals surface area contributed by atoms with Crippen molar-refractivity contribution in [2.24, 2.45) is 0 Å². The zero-order valence-electron chi connectivity index (χ0n) is 32.5. The molecule has 0 unspecified atom stereocenters. The van der Waals surface area contributed by atoms with Crippen LogP contribution in [0.25, 0.3) is 128 Å². The number of nitrogens with zero attached hydrogens (tertiary/aromatic N) is 5. The molecule has 13 aromatic rings. The van der Waals surface area contributed by atoms with Crippen molar-refractivity contribution in [2.45, 2.75) is 0 Å². The molecule has 0 aliphatic heterocycles. The number of fused-ring (bicyclic) bond motifs is 10. The van der Waals surface area contributed by atoms with Crippen molar-refractivity contribution in [2.75, 3.05) is 0 Å². The molecule has 5 aromatic heterocycles. The Kier molecular flexibility index (Phi) is 7.17. The third-order valence-corrected chi connectivity index (χ3v) is 11.8. The van der Waals surface area contributed by atoms with Gasteiger partial charge >= 0.3 is 0 Å². The van der Waals surface area contributed by atoms with Crippen molar-refractivity contribution in [1.29, 1.82) is 0 Å². The average Bonchev–Trinajstić information content (AvgIpc) is 4.01. The van der Waals surface area contributed by atoms with Gasteiger partial charge in [0.1, 0.15) is 33.8 Å². The quantitative estimate of drug-likeness (QED) is 0.173. The lowest BCUT2D eigenvalue weighted by molar-refractivity contribution is 0.667. The number of furan rings is 2. The number of hydrogen-bond acceptors (Lipinski definition) is 6. The molecular formula is C54H31N5O2. The molecule has 5 heterocycles. The van der Waals surface area contributed by atoms with E-state index in [1.807, 2.05) is 78.9 Å². The second-order valence-corrected chi connectivity index (χ2v) is 15.4. The highest BCUT2D eigenvalue weighted by Gasteiger charge is 2.22. The minimum atomic E-state index is 0.614. The molecule has 0 aliphatic carbocycles. The topological polar surface area (TPSA) is 82.8 Å². The maximum Gasteiger partial charge on any atom is 0.180 e. The van der Waals surface area contributed by atoms with Gasteiger partial charge in [-0.1, -0.05) is 127 Å². The summed E-state index contributed by atoms with van der Waals surface area (Å²) in [6, 6.07) is 64.4. The summed E-state index contributed by atoms with van der Waals surface area (Å²) in [5, 5.41) is 6.19. The van der Waals surface area contributed by atoms with E-state index < -0.39 is 0 Å². The van der Waals surface area contributed by atoms with Gasteiger partial charge in [0.25, 0.3) is 0 Å². The molecular weight excluding hydrogens is 751 g/mol. The highest BCUT2D eigenvalue weighted by Crippen LogP contribution is 2.42. The summed E-state index contributed by atoms with van der Waals surface area (Å²) in [5.41, 5.74) is 12.5. The van der Waals surface area contributed by atoms with E-state index in [0.717, 1.165) is 110 Å². The summed E-state index contributed by atoms with van der Waals surface area (Å²) < 4.78 is 15.3. The Morgan fingerprint density at radius 3 is 1.74 bits per heavy atom. The number of hydrogen-bond donors (Lipinski definition) is 0. The van der Waals surface area contributed by atoms with E-state index in [1.54, 1.807) is 0 Å². The van der Waals surface area contributed by atoms with Gasteiger partial charge in [-0.3, -0.25) is 4.57 Å². The van der Waals surface area contributed by atoms with E-state index in [-0.39, 0.29) is 0 Å². The normalized spacial score (nSPS) is 11.9. The highest BCUT2D eigenvalue weighted by atomic mass is 16.3. The van der Waals surface area contributed by atoms with Crippen LogP contribution in [0.3, 0.4) is 0 Å². The Morgan fingerprint density at radius 1 is 0.361 bits per heavy atom. The first-order valence-corrected chi connectivity index (χ1v) is 20.3. The summed E-state index contributed by atoms with van der Waals surface area (Å²) in [4.78, 5) is 20.9. The predicted molar refractivity (Wildman–Crippen MR) is 246 cm³/mol. The molecule has 0 fully saturated rings. The molecule has 0 saturated carbocycles. The molecule has 7 nitrogen and oxygen atoms in total. The predicted octanol–water partition coefficient (Wildman–Crippen LogP) is 14.0. The van der Waals surface area contributed by atoms with Gasteiger partial charge < -0.3 is 8.83 Å². The minimum Gasteiger partial charge on any atom is -0.455 e. The molecule has 0 spiro atoms. The molecule has 8 aromatic carbocycles. The minimum absolute atomic E-state index is 0.614. The third kappa shape index (κ3) is 5.17. The summed E-state index contributed by atoms with van der Waals surface area (Å²) in [6.45, 7) is 0. The molecule has 284 valence electrons. The van der Waals surface area contributed by atoms with Gasteiger partial charge in [0.05, 0.1) is 16.6 Å². The Morgan fingerprint density at radius 2 is 0.951 bits per heavy atom. The lowest BCUT2D eigenvalue weighted by Crippen LogP contribution is -2.02. The van der Waals surface area contributed by atoms with Gasteiger partial charge in [-0.15, -0.1) is 0 Å². The van der Waals surface area contributed by atoms with Gasteiger partial charge in [0.2, 0.25) is 0 Å². The second kappa shape index (κ2) is 13.0. The largest absolute Gasteiger partial charge is 0.455 e.